The van der Waals surface area contributed by atoms with E-state index < -0.39 is 5.41 Å². The third-order valence-electron chi connectivity index (χ3n) is 2.88. The molecule has 1 aromatic rings. The Bertz CT molecular complexity index is 321. The smallest absolute Gasteiger partial charge is 0.231 e. The van der Waals surface area contributed by atoms with E-state index in [2.05, 4.69) is 6.92 Å². The van der Waals surface area contributed by atoms with Crippen molar-refractivity contribution in [3.63, 3.8) is 0 Å². The maximum Gasteiger partial charge on any atom is 0.231 e. The quantitative estimate of drug-likeness (QED) is 0.694. The van der Waals surface area contributed by atoms with Gasteiger partial charge in [-0.3, -0.25) is 4.79 Å². The molecule has 15 heavy (non-hydrogen) atoms. The molecule has 82 valence electrons. The summed E-state index contributed by atoms with van der Waals surface area (Å²) in [6.45, 7) is 4.04. The average Bonchev–Trinajstić information content (AvgIpc) is 2.27. The standard InChI is InChI=1S/C13H17ClO/c1-3-4-10-13(2,12(14)15)11-8-6-5-7-9-11/h5-9H,3-4,10H2,1-2H3. The fourth-order valence-corrected chi connectivity index (χ4v) is 1.90. The molecule has 0 N–H and O–H groups in total. The molecule has 1 atom stereocenters. The fourth-order valence-electron chi connectivity index (χ4n) is 1.69. The predicted molar refractivity (Wildman–Crippen MR) is 64.2 cm³/mol. The van der Waals surface area contributed by atoms with Gasteiger partial charge in [-0.1, -0.05) is 50.1 Å². The second-order valence-electron chi connectivity index (χ2n) is 4.08. The van der Waals surface area contributed by atoms with Gasteiger partial charge in [0, 0.05) is 0 Å². The largest absolute Gasteiger partial charge is 0.280 e. The van der Waals surface area contributed by atoms with E-state index in [-0.39, 0.29) is 5.24 Å². The molecule has 0 fully saturated rings. The molecule has 1 rings (SSSR count). The van der Waals surface area contributed by atoms with Crippen LogP contribution in [0.2, 0.25) is 0 Å². The first kappa shape index (κ1) is 12.3. The van der Waals surface area contributed by atoms with Crippen molar-refractivity contribution in [2.75, 3.05) is 0 Å². The molecular weight excluding hydrogens is 208 g/mol. The molecule has 0 amide bonds. The summed E-state index contributed by atoms with van der Waals surface area (Å²) in [5.41, 5.74) is 0.484. The molecular formula is C13H17ClO. The molecule has 0 bridgehead atoms. The zero-order valence-electron chi connectivity index (χ0n) is 9.29. The normalized spacial score (nSPS) is 14.6. The molecule has 0 saturated carbocycles. The summed E-state index contributed by atoms with van der Waals surface area (Å²) in [4.78, 5) is 11.5. The number of carbonyl (C=O) groups excluding carboxylic acids is 1. The summed E-state index contributed by atoms with van der Waals surface area (Å²) in [5.74, 6) is 0. The van der Waals surface area contributed by atoms with Crippen molar-refractivity contribution in [2.24, 2.45) is 0 Å². The van der Waals surface area contributed by atoms with Crippen LogP contribution in [0.25, 0.3) is 0 Å². The zero-order chi connectivity index (χ0) is 11.3. The number of rotatable bonds is 5. The summed E-state index contributed by atoms with van der Waals surface area (Å²) in [7, 11) is 0. The van der Waals surface area contributed by atoms with Crippen LogP contribution in [0.5, 0.6) is 0 Å². The van der Waals surface area contributed by atoms with E-state index in [0.29, 0.717) is 0 Å². The summed E-state index contributed by atoms with van der Waals surface area (Å²) in [5, 5.41) is -0.262. The highest BCUT2D eigenvalue weighted by Crippen LogP contribution is 2.31. The van der Waals surface area contributed by atoms with Crippen molar-refractivity contribution in [1.82, 2.24) is 0 Å². The number of unbranched alkanes of at least 4 members (excludes halogenated alkanes) is 1. The molecule has 0 radical (unpaired) electrons. The van der Waals surface area contributed by atoms with Gasteiger partial charge in [-0.2, -0.15) is 0 Å². The first-order valence-corrected chi connectivity index (χ1v) is 5.74. The van der Waals surface area contributed by atoms with Gasteiger partial charge < -0.3 is 0 Å². The second kappa shape index (κ2) is 5.32. The molecule has 0 spiro atoms. The van der Waals surface area contributed by atoms with E-state index in [1.54, 1.807) is 0 Å². The van der Waals surface area contributed by atoms with Gasteiger partial charge in [0.15, 0.2) is 0 Å². The van der Waals surface area contributed by atoms with Crippen molar-refractivity contribution >= 4 is 16.8 Å². The Labute approximate surface area is 96.5 Å². The van der Waals surface area contributed by atoms with Gasteiger partial charge in [0.25, 0.3) is 0 Å². The Kier molecular flexibility index (Phi) is 4.34. The molecule has 1 aromatic carbocycles. The lowest BCUT2D eigenvalue weighted by Crippen LogP contribution is -2.28. The highest BCUT2D eigenvalue weighted by atomic mass is 35.5. The Balaban J connectivity index is 2.96. The lowest BCUT2D eigenvalue weighted by molar-refractivity contribution is -0.116. The van der Waals surface area contributed by atoms with Crippen molar-refractivity contribution in [1.29, 1.82) is 0 Å². The SMILES string of the molecule is CCCCC(C)(C(=O)Cl)c1ccccc1. The van der Waals surface area contributed by atoms with Crippen molar-refractivity contribution in [3.8, 4) is 0 Å². The molecule has 0 aliphatic heterocycles. The molecule has 2 heteroatoms. The van der Waals surface area contributed by atoms with Crippen LogP contribution in [0.3, 0.4) is 0 Å². The molecule has 0 aromatic heterocycles. The molecule has 0 saturated heterocycles. The van der Waals surface area contributed by atoms with E-state index in [4.69, 9.17) is 11.6 Å². The minimum atomic E-state index is -0.529. The monoisotopic (exact) mass is 224 g/mol. The Morgan fingerprint density at radius 3 is 2.40 bits per heavy atom. The maximum absolute atomic E-state index is 11.5. The number of hydrogen-bond acceptors (Lipinski definition) is 1. The first-order valence-electron chi connectivity index (χ1n) is 5.36. The minimum absolute atomic E-state index is 0.262. The summed E-state index contributed by atoms with van der Waals surface area (Å²) < 4.78 is 0. The Morgan fingerprint density at radius 1 is 1.33 bits per heavy atom. The maximum atomic E-state index is 11.5. The topological polar surface area (TPSA) is 17.1 Å². The van der Waals surface area contributed by atoms with Crippen LogP contribution in [0.4, 0.5) is 0 Å². The van der Waals surface area contributed by atoms with Crippen LogP contribution in [0.1, 0.15) is 38.7 Å². The first-order chi connectivity index (χ1) is 7.11. The van der Waals surface area contributed by atoms with Crippen molar-refractivity contribution in [3.05, 3.63) is 35.9 Å². The third-order valence-corrected chi connectivity index (χ3v) is 3.29. The van der Waals surface area contributed by atoms with Gasteiger partial charge in [0.2, 0.25) is 5.24 Å². The number of benzene rings is 1. The van der Waals surface area contributed by atoms with Crippen LogP contribution in [0, 0.1) is 0 Å². The molecule has 1 nitrogen and oxygen atoms in total. The zero-order valence-corrected chi connectivity index (χ0v) is 10.1. The molecule has 0 aliphatic rings. The summed E-state index contributed by atoms with van der Waals surface area (Å²) in [6, 6.07) is 9.77. The van der Waals surface area contributed by atoms with Gasteiger partial charge in [-0.25, -0.2) is 0 Å². The average molecular weight is 225 g/mol. The lowest BCUT2D eigenvalue weighted by Gasteiger charge is -2.25. The minimum Gasteiger partial charge on any atom is -0.280 e. The second-order valence-corrected chi connectivity index (χ2v) is 4.42. The van der Waals surface area contributed by atoms with Crippen LogP contribution in [0.15, 0.2) is 30.3 Å². The van der Waals surface area contributed by atoms with Gasteiger partial charge in [0.05, 0.1) is 5.41 Å². The van der Waals surface area contributed by atoms with E-state index in [9.17, 15) is 4.79 Å². The molecule has 1 unspecified atom stereocenters. The third kappa shape index (κ3) is 2.82. The summed E-state index contributed by atoms with van der Waals surface area (Å²) >= 11 is 5.72. The van der Waals surface area contributed by atoms with E-state index in [1.807, 2.05) is 37.3 Å². The van der Waals surface area contributed by atoms with E-state index in [0.717, 1.165) is 24.8 Å². The molecule has 0 heterocycles. The van der Waals surface area contributed by atoms with Crippen LogP contribution < -0.4 is 0 Å². The Hall–Kier alpha value is -0.820. The van der Waals surface area contributed by atoms with Gasteiger partial charge in [0.1, 0.15) is 0 Å². The van der Waals surface area contributed by atoms with Crippen LogP contribution in [-0.2, 0) is 10.2 Å². The van der Waals surface area contributed by atoms with Gasteiger partial charge in [-0.05, 0) is 30.5 Å². The van der Waals surface area contributed by atoms with Gasteiger partial charge in [-0.15, -0.1) is 0 Å². The van der Waals surface area contributed by atoms with Crippen LogP contribution in [-0.4, -0.2) is 5.24 Å². The predicted octanol–water partition coefficient (Wildman–Crippen LogP) is 3.90. The highest BCUT2D eigenvalue weighted by molar-refractivity contribution is 6.65. The highest BCUT2D eigenvalue weighted by Gasteiger charge is 2.32. The van der Waals surface area contributed by atoms with E-state index in [1.165, 1.54) is 0 Å². The van der Waals surface area contributed by atoms with Crippen molar-refractivity contribution in [2.45, 2.75) is 38.5 Å². The lowest BCUT2D eigenvalue weighted by atomic mass is 9.79. The van der Waals surface area contributed by atoms with Crippen molar-refractivity contribution < 1.29 is 4.79 Å². The number of carbonyl (C=O) groups is 1. The number of hydrogen-bond donors (Lipinski definition) is 0. The van der Waals surface area contributed by atoms with E-state index >= 15 is 0 Å². The number of halogens is 1. The van der Waals surface area contributed by atoms with Gasteiger partial charge >= 0.3 is 0 Å². The molecule has 0 aliphatic carbocycles. The Morgan fingerprint density at radius 2 is 1.93 bits per heavy atom. The fraction of sp³-hybridized carbons (Fsp3) is 0.462. The summed E-state index contributed by atoms with van der Waals surface area (Å²) in [6.07, 6.45) is 2.91. The van der Waals surface area contributed by atoms with Crippen LogP contribution >= 0.6 is 11.6 Å².